The summed E-state index contributed by atoms with van der Waals surface area (Å²) in [6, 6.07) is 7.92. The van der Waals surface area contributed by atoms with E-state index in [9.17, 15) is 0 Å². The van der Waals surface area contributed by atoms with Crippen molar-refractivity contribution < 1.29 is 9.47 Å². The Kier molecular flexibility index (Phi) is 5.51. The lowest BCUT2D eigenvalue weighted by molar-refractivity contribution is 0.0666. The number of hydrogen-bond acceptors (Lipinski definition) is 2. The van der Waals surface area contributed by atoms with Crippen molar-refractivity contribution in [3.8, 4) is 5.75 Å². The van der Waals surface area contributed by atoms with Crippen LogP contribution in [0.15, 0.2) is 24.3 Å². The first-order valence-corrected chi connectivity index (χ1v) is 5.63. The van der Waals surface area contributed by atoms with Crippen molar-refractivity contribution in [2.24, 2.45) is 0 Å². The molecule has 0 saturated carbocycles. The van der Waals surface area contributed by atoms with Gasteiger partial charge in [0.1, 0.15) is 5.75 Å². The van der Waals surface area contributed by atoms with Gasteiger partial charge in [0, 0.05) is 12.5 Å². The molecule has 1 aromatic carbocycles. The van der Waals surface area contributed by atoms with E-state index in [-0.39, 0.29) is 6.10 Å². The molecule has 1 unspecified atom stereocenters. The Morgan fingerprint density at radius 3 is 2.47 bits per heavy atom. The lowest BCUT2D eigenvalue weighted by Gasteiger charge is -2.13. The Bertz CT molecular complexity index is 271. The number of ether oxygens (including phenoxy) is 2. The maximum Gasteiger partial charge on any atom is 0.118 e. The summed E-state index contributed by atoms with van der Waals surface area (Å²) in [6.07, 6.45) is 1.00. The fourth-order valence-electron chi connectivity index (χ4n) is 1.29. The average molecular weight is 229 g/mol. The van der Waals surface area contributed by atoms with E-state index in [4.69, 9.17) is 21.1 Å². The summed E-state index contributed by atoms with van der Waals surface area (Å²) in [6.45, 7) is 2.74. The van der Waals surface area contributed by atoms with E-state index in [2.05, 4.69) is 0 Å². The average Bonchev–Trinajstić information content (AvgIpc) is 2.29. The maximum absolute atomic E-state index is 5.62. The van der Waals surface area contributed by atoms with Crippen LogP contribution in [0.3, 0.4) is 0 Å². The molecule has 0 aromatic heterocycles. The number of halogens is 1. The van der Waals surface area contributed by atoms with Gasteiger partial charge in [-0.25, -0.2) is 0 Å². The molecule has 84 valence electrons. The van der Waals surface area contributed by atoms with Gasteiger partial charge in [0.05, 0.1) is 13.2 Å². The minimum absolute atomic E-state index is 0.110. The molecule has 1 rings (SSSR count). The van der Waals surface area contributed by atoms with Gasteiger partial charge in [0.25, 0.3) is 0 Å². The lowest BCUT2D eigenvalue weighted by Crippen LogP contribution is -2.02. The summed E-state index contributed by atoms with van der Waals surface area (Å²) in [5, 5.41) is 0. The molecule has 0 bridgehead atoms. The van der Waals surface area contributed by atoms with Crippen molar-refractivity contribution in [1.82, 2.24) is 0 Å². The maximum atomic E-state index is 5.62. The Morgan fingerprint density at radius 2 is 1.93 bits per heavy atom. The van der Waals surface area contributed by atoms with Gasteiger partial charge in [0.2, 0.25) is 0 Å². The number of methoxy groups -OCH3 is 1. The second-order valence-electron chi connectivity index (χ2n) is 3.33. The molecule has 0 heterocycles. The van der Waals surface area contributed by atoms with Gasteiger partial charge in [-0.1, -0.05) is 12.1 Å². The van der Waals surface area contributed by atoms with E-state index >= 15 is 0 Å². The van der Waals surface area contributed by atoms with Crippen LogP contribution in [0.4, 0.5) is 0 Å². The molecule has 15 heavy (non-hydrogen) atoms. The van der Waals surface area contributed by atoms with Gasteiger partial charge >= 0.3 is 0 Å². The van der Waals surface area contributed by atoms with Crippen LogP contribution in [-0.4, -0.2) is 19.6 Å². The van der Waals surface area contributed by atoms with E-state index in [0.717, 1.165) is 17.7 Å². The number of rotatable bonds is 6. The zero-order valence-electron chi connectivity index (χ0n) is 9.20. The van der Waals surface area contributed by atoms with Crippen molar-refractivity contribution >= 4 is 11.6 Å². The third-order valence-electron chi connectivity index (χ3n) is 2.23. The van der Waals surface area contributed by atoms with Gasteiger partial charge in [-0.05, 0) is 31.0 Å². The summed E-state index contributed by atoms with van der Waals surface area (Å²) < 4.78 is 10.7. The molecule has 0 radical (unpaired) electrons. The summed E-state index contributed by atoms with van der Waals surface area (Å²) in [7, 11) is 1.66. The molecule has 0 aliphatic heterocycles. The van der Waals surface area contributed by atoms with E-state index in [1.54, 1.807) is 7.11 Å². The Labute approximate surface area is 96.2 Å². The SMILES string of the molecule is COc1ccc(C(C)OCCCCl)cc1. The number of hydrogen-bond donors (Lipinski definition) is 0. The van der Waals surface area contributed by atoms with E-state index in [1.165, 1.54) is 0 Å². The van der Waals surface area contributed by atoms with Crippen LogP contribution in [0.2, 0.25) is 0 Å². The van der Waals surface area contributed by atoms with Crippen LogP contribution in [0, 0.1) is 0 Å². The molecule has 0 amide bonds. The Morgan fingerprint density at radius 1 is 1.27 bits per heavy atom. The van der Waals surface area contributed by atoms with Gasteiger partial charge in [-0.2, -0.15) is 0 Å². The zero-order chi connectivity index (χ0) is 11.1. The van der Waals surface area contributed by atoms with Gasteiger partial charge < -0.3 is 9.47 Å². The minimum atomic E-state index is 0.110. The summed E-state index contributed by atoms with van der Waals surface area (Å²) >= 11 is 5.57. The summed E-state index contributed by atoms with van der Waals surface area (Å²) in [4.78, 5) is 0. The molecule has 0 N–H and O–H groups in total. The van der Waals surface area contributed by atoms with Gasteiger partial charge in [0.15, 0.2) is 0 Å². The lowest BCUT2D eigenvalue weighted by atomic mass is 10.1. The van der Waals surface area contributed by atoms with Crippen LogP contribution in [-0.2, 0) is 4.74 Å². The van der Waals surface area contributed by atoms with E-state index in [0.29, 0.717) is 12.5 Å². The van der Waals surface area contributed by atoms with E-state index < -0.39 is 0 Å². The third kappa shape index (κ3) is 4.10. The van der Waals surface area contributed by atoms with Crippen LogP contribution in [0.1, 0.15) is 25.0 Å². The first-order chi connectivity index (χ1) is 7.27. The van der Waals surface area contributed by atoms with Crippen LogP contribution in [0.25, 0.3) is 0 Å². The number of benzene rings is 1. The molecule has 1 aromatic rings. The van der Waals surface area contributed by atoms with E-state index in [1.807, 2.05) is 31.2 Å². The first-order valence-electron chi connectivity index (χ1n) is 5.09. The highest BCUT2D eigenvalue weighted by Crippen LogP contribution is 2.20. The molecule has 0 aliphatic carbocycles. The standard InChI is InChI=1S/C12H17ClO2/c1-10(15-9-3-8-13)11-4-6-12(14-2)7-5-11/h4-7,10H,3,8-9H2,1-2H3. The van der Waals surface area contributed by atoms with Crippen molar-refractivity contribution in [1.29, 1.82) is 0 Å². The molecule has 1 atom stereocenters. The highest BCUT2D eigenvalue weighted by molar-refractivity contribution is 6.17. The zero-order valence-corrected chi connectivity index (χ0v) is 9.96. The van der Waals surface area contributed by atoms with Crippen molar-refractivity contribution in [3.63, 3.8) is 0 Å². The van der Waals surface area contributed by atoms with Crippen LogP contribution in [0.5, 0.6) is 5.75 Å². The molecule has 0 saturated heterocycles. The molecular weight excluding hydrogens is 212 g/mol. The van der Waals surface area contributed by atoms with Gasteiger partial charge in [-0.15, -0.1) is 11.6 Å². The predicted octanol–water partition coefficient (Wildman–Crippen LogP) is 3.40. The molecule has 3 heteroatoms. The monoisotopic (exact) mass is 228 g/mol. The molecule has 0 aliphatic rings. The second-order valence-corrected chi connectivity index (χ2v) is 3.71. The largest absolute Gasteiger partial charge is 0.497 e. The highest BCUT2D eigenvalue weighted by atomic mass is 35.5. The molecular formula is C12H17ClO2. The fourth-order valence-corrected chi connectivity index (χ4v) is 1.39. The molecule has 0 fully saturated rings. The van der Waals surface area contributed by atoms with Crippen molar-refractivity contribution in [3.05, 3.63) is 29.8 Å². The molecule has 2 nitrogen and oxygen atoms in total. The van der Waals surface area contributed by atoms with Gasteiger partial charge in [-0.3, -0.25) is 0 Å². The predicted molar refractivity (Wildman–Crippen MR) is 62.7 cm³/mol. The second kappa shape index (κ2) is 6.70. The quantitative estimate of drug-likeness (QED) is 0.549. The fraction of sp³-hybridized carbons (Fsp3) is 0.500. The smallest absolute Gasteiger partial charge is 0.118 e. The van der Waals surface area contributed by atoms with Crippen molar-refractivity contribution in [2.75, 3.05) is 19.6 Å². The Hall–Kier alpha value is -0.730. The first kappa shape index (κ1) is 12.3. The highest BCUT2D eigenvalue weighted by Gasteiger charge is 2.04. The normalized spacial score (nSPS) is 12.5. The topological polar surface area (TPSA) is 18.5 Å². The summed E-state index contributed by atoms with van der Waals surface area (Å²) in [5.74, 6) is 1.52. The Balaban J connectivity index is 2.46. The third-order valence-corrected chi connectivity index (χ3v) is 2.50. The van der Waals surface area contributed by atoms with Crippen LogP contribution >= 0.6 is 11.6 Å². The summed E-state index contributed by atoms with van der Waals surface area (Å²) in [5.41, 5.74) is 1.16. The minimum Gasteiger partial charge on any atom is -0.497 e. The molecule has 0 spiro atoms. The number of alkyl halides is 1. The van der Waals surface area contributed by atoms with Crippen LogP contribution < -0.4 is 4.74 Å². The van der Waals surface area contributed by atoms with Crippen molar-refractivity contribution in [2.45, 2.75) is 19.4 Å².